The first-order chi connectivity index (χ1) is 8.14. The molecule has 5 heteroatoms. The van der Waals surface area contributed by atoms with E-state index in [0.29, 0.717) is 13.1 Å². The molecule has 17 heavy (non-hydrogen) atoms. The molecular formula is C12H23ClN2O2. The Kier molecular flexibility index (Phi) is 6.23. The Balaban J connectivity index is 2.60. The summed E-state index contributed by atoms with van der Waals surface area (Å²) in [5.41, 5.74) is 0.00268. The Bertz CT molecular complexity index is 243. The Morgan fingerprint density at radius 1 is 1.41 bits per heavy atom. The Hall–Kier alpha value is -0.320. The summed E-state index contributed by atoms with van der Waals surface area (Å²) in [4.78, 5) is 13.4. The zero-order valence-electron chi connectivity index (χ0n) is 10.5. The number of hydrogen-bond donors (Lipinski definition) is 2. The van der Waals surface area contributed by atoms with Gasteiger partial charge in [0.05, 0.1) is 6.61 Å². The highest BCUT2D eigenvalue weighted by Gasteiger charge is 2.35. The second-order valence-corrected chi connectivity index (χ2v) is 5.11. The van der Waals surface area contributed by atoms with Gasteiger partial charge in [0.25, 0.3) is 0 Å². The second-order valence-electron chi connectivity index (χ2n) is 4.84. The minimum atomic E-state index is -0.117. The normalized spacial score (nSPS) is 19.3. The van der Waals surface area contributed by atoms with Crippen LogP contribution in [-0.2, 0) is 4.79 Å². The van der Waals surface area contributed by atoms with E-state index in [4.69, 9.17) is 16.7 Å². The average molecular weight is 263 g/mol. The number of carbonyl (C=O) groups excluding carboxylic acids is 1. The van der Waals surface area contributed by atoms with Crippen molar-refractivity contribution in [2.24, 2.45) is 0 Å². The predicted octanol–water partition coefficient (Wildman–Crippen LogP) is 0.968. The lowest BCUT2D eigenvalue weighted by Crippen LogP contribution is -2.56. The number of β-amino-alcohol motifs (C(OH)–C–C–N with tert-alkyl or cyclic N) is 1. The lowest BCUT2D eigenvalue weighted by molar-refractivity contribution is -0.119. The Labute approximate surface area is 108 Å². The van der Waals surface area contributed by atoms with Gasteiger partial charge in [0.1, 0.15) is 5.88 Å². The number of halogens is 1. The molecule has 0 heterocycles. The van der Waals surface area contributed by atoms with Crippen molar-refractivity contribution in [3.63, 3.8) is 0 Å². The van der Waals surface area contributed by atoms with Crippen molar-refractivity contribution in [2.75, 3.05) is 32.6 Å². The molecule has 0 aromatic heterocycles. The smallest absolute Gasteiger partial charge is 0.234 e. The number of nitrogens with one attached hydrogen (secondary N) is 1. The van der Waals surface area contributed by atoms with Gasteiger partial charge in [0.15, 0.2) is 0 Å². The summed E-state index contributed by atoms with van der Waals surface area (Å²) >= 11 is 5.49. The Morgan fingerprint density at radius 2 is 2.06 bits per heavy atom. The average Bonchev–Trinajstić information content (AvgIpc) is 2.37. The molecule has 0 aromatic rings. The van der Waals surface area contributed by atoms with E-state index in [9.17, 15) is 4.79 Å². The lowest BCUT2D eigenvalue weighted by Gasteiger charge is -2.44. The summed E-state index contributed by atoms with van der Waals surface area (Å²) in [7, 11) is 2.02. The molecular weight excluding hydrogens is 240 g/mol. The van der Waals surface area contributed by atoms with Crippen molar-refractivity contribution >= 4 is 17.5 Å². The first-order valence-electron chi connectivity index (χ1n) is 6.29. The zero-order valence-corrected chi connectivity index (χ0v) is 11.3. The molecule has 0 spiro atoms. The molecule has 1 amide bonds. The van der Waals surface area contributed by atoms with E-state index in [1.165, 1.54) is 19.3 Å². The molecule has 1 rings (SSSR count). The van der Waals surface area contributed by atoms with Crippen LogP contribution in [0.3, 0.4) is 0 Å². The summed E-state index contributed by atoms with van der Waals surface area (Å²) in [6.07, 6.45) is 5.79. The molecule has 0 bridgehead atoms. The number of nitrogens with zero attached hydrogens (tertiary/aromatic N) is 1. The van der Waals surface area contributed by atoms with E-state index in [-0.39, 0.29) is 23.9 Å². The summed E-state index contributed by atoms with van der Waals surface area (Å²) in [6, 6.07) is 0. The van der Waals surface area contributed by atoms with Crippen molar-refractivity contribution < 1.29 is 9.90 Å². The van der Waals surface area contributed by atoms with E-state index in [2.05, 4.69) is 10.2 Å². The van der Waals surface area contributed by atoms with E-state index in [1.807, 2.05) is 7.05 Å². The second kappa shape index (κ2) is 7.19. The van der Waals surface area contributed by atoms with Crippen molar-refractivity contribution in [2.45, 2.75) is 37.6 Å². The van der Waals surface area contributed by atoms with Gasteiger partial charge in [-0.1, -0.05) is 19.3 Å². The van der Waals surface area contributed by atoms with Crippen molar-refractivity contribution in [1.29, 1.82) is 0 Å². The van der Waals surface area contributed by atoms with Crippen LogP contribution in [0.4, 0.5) is 0 Å². The largest absolute Gasteiger partial charge is 0.395 e. The van der Waals surface area contributed by atoms with Gasteiger partial charge in [0, 0.05) is 18.6 Å². The fourth-order valence-corrected chi connectivity index (χ4v) is 2.70. The standard InChI is InChI=1S/C12H23ClN2O2/c1-15(7-8-16)12(5-3-2-4-6-12)10-14-11(17)9-13/h16H,2-10H2,1H3,(H,14,17). The van der Waals surface area contributed by atoms with Gasteiger partial charge >= 0.3 is 0 Å². The highest BCUT2D eigenvalue weighted by molar-refractivity contribution is 6.27. The topological polar surface area (TPSA) is 52.6 Å². The fourth-order valence-electron chi connectivity index (χ4n) is 2.60. The van der Waals surface area contributed by atoms with Crippen molar-refractivity contribution in [3.05, 3.63) is 0 Å². The van der Waals surface area contributed by atoms with Gasteiger partial charge < -0.3 is 10.4 Å². The van der Waals surface area contributed by atoms with Gasteiger partial charge in [-0.25, -0.2) is 0 Å². The summed E-state index contributed by atoms with van der Waals surface area (Å²) in [6.45, 7) is 1.44. The number of carbonyl (C=O) groups is 1. The van der Waals surface area contributed by atoms with Crippen LogP contribution in [0.5, 0.6) is 0 Å². The molecule has 100 valence electrons. The number of alkyl halides is 1. The molecule has 0 aliphatic heterocycles. The molecule has 0 radical (unpaired) electrons. The SMILES string of the molecule is CN(CCO)C1(CNC(=O)CCl)CCCCC1. The quantitative estimate of drug-likeness (QED) is 0.702. The van der Waals surface area contributed by atoms with Crippen LogP contribution in [0.1, 0.15) is 32.1 Å². The number of aliphatic hydroxyl groups excluding tert-OH is 1. The number of rotatable bonds is 6. The van der Waals surface area contributed by atoms with E-state index < -0.39 is 0 Å². The van der Waals surface area contributed by atoms with Crippen LogP contribution in [0.2, 0.25) is 0 Å². The lowest BCUT2D eigenvalue weighted by atomic mass is 9.80. The molecule has 1 fully saturated rings. The summed E-state index contributed by atoms with van der Waals surface area (Å²) in [5.74, 6) is -0.103. The van der Waals surface area contributed by atoms with Crippen LogP contribution in [0.15, 0.2) is 0 Å². The van der Waals surface area contributed by atoms with Gasteiger partial charge in [-0.05, 0) is 19.9 Å². The first-order valence-corrected chi connectivity index (χ1v) is 6.83. The highest BCUT2D eigenvalue weighted by Crippen LogP contribution is 2.32. The number of aliphatic hydroxyl groups is 1. The van der Waals surface area contributed by atoms with Crippen LogP contribution in [0.25, 0.3) is 0 Å². The third-order valence-electron chi connectivity index (χ3n) is 3.77. The van der Waals surface area contributed by atoms with Crippen LogP contribution >= 0.6 is 11.6 Å². The third kappa shape index (κ3) is 4.12. The van der Waals surface area contributed by atoms with E-state index in [0.717, 1.165) is 12.8 Å². The highest BCUT2D eigenvalue weighted by atomic mass is 35.5. The maximum atomic E-state index is 11.3. The molecule has 1 aliphatic rings. The summed E-state index contributed by atoms with van der Waals surface area (Å²) in [5, 5.41) is 11.9. The molecule has 0 unspecified atom stereocenters. The van der Waals surface area contributed by atoms with Gasteiger partial charge in [-0.3, -0.25) is 9.69 Å². The molecule has 1 saturated carbocycles. The number of likely N-dealkylation sites (N-methyl/N-ethyl adjacent to an activating group) is 1. The minimum Gasteiger partial charge on any atom is -0.395 e. The van der Waals surface area contributed by atoms with Gasteiger partial charge in [-0.15, -0.1) is 11.6 Å². The first kappa shape index (κ1) is 14.7. The molecule has 0 atom stereocenters. The molecule has 2 N–H and O–H groups in total. The van der Waals surface area contributed by atoms with Gasteiger partial charge in [-0.2, -0.15) is 0 Å². The maximum Gasteiger partial charge on any atom is 0.234 e. The minimum absolute atomic E-state index is 0.00268. The molecule has 1 aliphatic carbocycles. The van der Waals surface area contributed by atoms with Gasteiger partial charge in [0.2, 0.25) is 5.91 Å². The summed E-state index contributed by atoms with van der Waals surface area (Å²) < 4.78 is 0. The van der Waals surface area contributed by atoms with Crippen LogP contribution in [-0.4, -0.2) is 54.1 Å². The zero-order chi connectivity index (χ0) is 12.7. The van der Waals surface area contributed by atoms with Crippen molar-refractivity contribution in [1.82, 2.24) is 10.2 Å². The van der Waals surface area contributed by atoms with E-state index in [1.54, 1.807) is 0 Å². The van der Waals surface area contributed by atoms with E-state index >= 15 is 0 Å². The number of hydrogen-bond acceptors (Lipinski definition) is 3. The maximum absolute atomic E-state index is 11.3. The molecule has 4 nitrogen and oxygen atoms in total. The third-order valence-corrected chi connectivity index (χ3v) is 4.01. The van der Waals surface area contributed by atoms with Crippen molar-refractivity contribution in [3.8, 4) is 0 Å². The molecule has 0 saturated heterocycles. The monoisotopic (exact) mass is 262 g/mol. The molecule has 0 aromatic carbocycles. The fraction of sp³-hybridized carbons (Fsp3) is 0.917. The van der Waals surface area contributed by atoms with Crippen LogP contribution < -0.4 is 5.32 Å². The Morgan fingerprint density at radius 3 is 2.59 bits per heavy atom. The number of amides is 1. The van der Waals surface area contributed by atoms with Crippen LogP contribution in [0, 0.1) is 0 Å². The predicted molar refractivity (Wildman–Crippen MR) is 69.3 cm³/mol.